The highest BCUT2D eigenvalue weighted by Crippen LogP contribution is 2.18. The van der Waals surface area contributed by atoms with Gasteiger partial charge in [0.2, 0.25) is 0 Å². The van der Waals surface area contributed by atoms with Crippen molar-refractivity contribution in [3.8, 4) is 0 Å². The molecule has 0 amide bonds. The van der Waals surface area contributed by atoms with Crippen LogP contribution in [0.15, 0.2) is 24.3 Å². The van der Waals surface area contributed by atoms with Crippen molar-refractivity contribution in [1.82, 2.24) is 0 Å². The van der Waals surface area contributed by atoms with Gasteiger partial charge in [0, 0.05) is 24.0 Å². The third-order valence-corrected chi connectivity index (χ3v) is 5.03. The Labute approximate surface area is 213 Å². The molecule has 11 heteroatoms. The topological polar surface area (TPSA) is 216 Å². The van der Waals surface area contributed by atoms with E-state index in [1.807, 2.05) is 6.92 Å². The number of aliphatic hydroxyl groups excluding tert-OH is 7. The monoisotopic (exact) mass is 522 g/mol. The van der Waals surface area contributed by atoms with Crippen molar-refractivity contribution < 1.29 is 55.5 Å². The van der Waals surface area contributed by atoms with Gasteiger partial charge >= 0.3 is 11.9 Å². The molecule has 11 nitrogen and oxygen atoms in total. The Morgan fingerprint density at radius 3 is 1.19 bits per heavy atom. The Kier molecular flexibility index (Phi) is 24.8. The quantitative estimate of drug-likeness (QED) is 0.166. The first-order valence-electron chi connectivity index (χ1n) is 11.7. The molecule has 1 rings (SSSR count). The van der Waals surface area contributed by atoms with E-state index in [1.54, 1.807) is 13.8 Å². The smallest absolute Gasteiger partial charge is 0.335 e. The zero-order valence-corrected chi connectivity index (χ0v) is 21.6. The predicted molar refractivity (Wildman–Crippen MR) is 135 cm³/mol. The number of carboxylic acid groups (broad SMARTS) is 2. The van der Waals surface area contributed by atoms with Crippen LogP contribution in [0, 0.1) is 10.8 Å². The molecule has 0 bridgehead atoms. The molecular formula is C25H46O11. The van der Waals surface area contributed by atoms with Crippen molar-refractivity contribution in [2.45, 2.75) is 52.9 Å². The highest BCUT2D eigenvalue weighted by Gasteiger charge is 2.24. The van der Waals surface area contributed by atoms with Crippen LogP contribution in [0.3, 0.4) is 0 Å². The number of aromatic carboxylic acids is 2. The van der Waals surface area contributed by atoms with Gasteiger partial charge in [-0.3, -0.25) is 0 Å². The van der Waals surface area contributed by atoms with Gasteiger partial charge in [-0.2, -0.15) is 0 Å². The van der Waals surface area contributed by atoms with E-state index in [9.17, 15) is 9.59 Å². The van der Waals surface area contributed by atoms with Crippen molar-refractivity contribution in [3.05, 3.63) is 35.4 Å². The van der Waals surface area contributed by atoms with Gasteiger partial charge in [-0.1, -0.05) is 39.7 Å². The summed E-state index contributed by atoms with van der Waals surface area (Å²) in [5.41, 5.74) is -1.01. The van der Waals surface area contributed by atoms with Crippen LogP contribution in [0.2, 0.25) is 0 Å². The van der Waals surface area contributed by atoms with Gasteiger partial charge < -0.3 is 46.0 Å². The summed E-state index contributed by atoms with van der Waals surface area (Å²) in [5.74, 6) is -2.25. The Bertz CT molecular complexity index is 615. The third kappa shape index (κ3) is 20.1. The van der Waals surface area contributed by atoms with Crippen LogP contribution in [0.4, 0.5) is 0 Å². The van der Waals surface area contributed by atoms with Gasteiger partial charge in [-0.15, -0.1) is 0 Å². The van der Waals surface area contributed by atoms with E-state index in [0.29, 0.717) is 6.42 Å². The van der Waals surface area contributed by atoms with E-state index < -0.39 is 17.4 Å². The molecule has 0 aliphatic heterocycles. The van der Waals surface area contributed by atoms with Crippen LogP contribution in [-0.2, 0) is 0 Å². The summed E-state index contributed by atoms with van der Waals surface area (Å²) in [6.45, 7) is 5.61. The number of carbonyl (C=O) groups is 2. The highest BCUT2D eigenvalue weighted by atomic mass is 16.4. The summed E-state index contributed by atoms with van der Waals surface area (Å²) in [5, 5.41) is 76.4. The van der Waals surface area contributed by atoms with E-state index in [0.717, 1.165) is 31.7 Å². The second kappa shape index (κ2) is 23.3. The minimum atomic E-state index is -1.13. The Hall–Kier alpha value is -2.12. The average Bonchev–Trinajstić information content (AvgIpc) is 2.89. The summed E-state index contributed by atoms with van der Waals surface area (Å²) >= 11 is 0. The SMILES string of the molecule is CC(C)(CO)CO.CCC(CO)(CO)CO.O=C(O)c1cccc(C(=O)O)c1.OCCCCCCO. The fourth-order valence-corrected chi connectivity index (χ4v) is 1.90. The van der Waals surface area contributed by atoms with Crippen LogP contribution < -0.4 is 0 Å². The molecule has 0 saturated heterocycles. The first-order chi connectivity index (χ1) is 16.9. The molecule has 0 unspecified atom stereocenters. The number of carboxylic acids is 2. The molecule has 0 saturated carbocycles. The second-order valence-electron chi connectivity index (χ2n) is 8.86. The van der Waals surface area contributed by atoms with Crippen molar-refractivity contribution in [2.24, 2.45) is 10.8 Å². The standard InChI is InChI=1S/C8H6O4.C6H14O3.C6H14O2.C5H12O2/c9-7(10)5-2-1-3-6(4-5)8(11)12;1-2-6(3-7,4-8)5-9;7-5-3-1-2-4-6-8;1-5(2,3-6)4-7/h1-4H,(H,9,10)(H,11,12);7-9H,2-5H2,1H3;7-8H,1-6H2;6-7H,3-4H2,1-2H3. The summed E-state index contributed by atoms with van der Waals surface area (Å²) in [6.07, 6.45) is 4.42. The van der Waals surface area contributed by atoms with Crippen molar-refractivity contribution in [2.75, 3.05) is 46.2 Å². The molecule has 212 valence electrons. The Morgan fingerprint density at radius 2 is 1.03 bits per heavy atom. The van der Waals surface area contributed by atoms with Gasteiger partial charge in [-0.05, 0) is 37.5 Å². The summed E-state index contributed by atoms with van der Waals surface area (Å²) < 4.78 is 0. The number of unbranched alkanes of at least 4 members (excludes halogenated alkanes) is 3. The molecule has 1 aromatic rings. The normalized spacial score (nSPS) is 10.6. The largest absolute Gasteiger partial charge is 0.478 e. The van der Waals surface area contributed by atoms with Crippen molar-refractivity contribution >= 4 is 11.9 Å². The lowest BCUT2D eigenvalue weighted by Gasteiger charge is -2.24. The van der Waals surface area contributed by atoms with Crippen LogP contribution in [0.5, 0.6) is 0 Å². The molecule has 0 aromatic heterocycles. The molecule has 36 heavy (non-hydrogen) atoms. The third-order valence-electron chi connectivity index (χ3n) is 5.03. The van der Waals surface area contributed by atoms with E-state index in [2.05, 4.69) is 0 Å². The second-order valence-corrected chi connectivity index (χ2v) is 8.86. The minimum Gasteiger partial charge on any atom is -0.478 e. The average molecular weight is 523 g/mol. The number of aliphatic hydroxyl groups is 7. The number of hydrogen-bond donors (Lipinski definition) is 9. The van der Waals surface area contributed by atoms with Crippen LogP contribution >= 0.6 is 0 Å². The lowest BCUT2D eigenvalue weighted by atomic mass is 9.88. The fourth-order valence-electron chi connectivity index (χ4n) is 1.90. The lowest BCUT2D eigenvalue weighted by molar-refractivity contribution is 0.00303. The van der Waals surface area contributed by atoms with E-state index in [4.69, 9.17) is 46.0 Å². The van der Waals surface area contributed by atoms with Gasteiger partial charge in [0.15, 0.2) is 0 Å². The van der Waals surface area contributed by atoms with E-state index >= 15 is 0 Å². The molecular weight excluding hydrogens is 476 g/mol. The Morgan fingerprint density at radius 1 is 0.667 bits per heavy atom. The maximum atomic E-state index is 10.4. The molecule has 0 aliphatic rings. The zero-order chi connectivity index (χ0) is 28.6. The van der Waals surface area contributed by atoms with Gasteiger partial charge in [-0.25, -0.2) is 9.59 Å². The van der Waals surface area contributed by atoms with Crippen LogP contribution in [-0.4, -0.2) is 104 Å². The molecule has 0 atom stereocenters. The molecule has 0 spiro atoms. The summed E-state index contributed by atoms with van der Waals surface area (Å²) in [4.78, 5) is 20.8. The first kappa shape index (κ1) is 38.4. The van der Waals surface area contributed by atoms with Crippen LogP contribution in [0.25, 0.3) is 0 Å². The Balaban J connectivity index is -0.000000414. The minimum absolute atomic E-state index is 0.0186. The number of rotatable bonds is 13. The molecule has 1 aromatic carbocycles. The lowest BCUT2D eigenvalue weighted by Crippen LogP contribution is -2.32. The summed E-state index contributed by atoms with van der Waals surface area (Å²) in [6, 6.07) is 5.20. The fraction of sp³-hybridized carbons (Fsp3) is 0.680. The summed E-state index contributed by atoms with van der Waals surface area (Å²) in [7, 11) is 0. The molecule has 9 N–H and O–H groups in total. The van der Waals surface area contributed by atoms with E-state index in [1.165, 1.54) is 18.2 Å². The van der Waals surface area contributed by atoms with Crippen LogP contribution in [0.1, 0.15) is 73.6 Å². The molecule has 0 fully saturated rings. The van der Waals surface area contributed by atoms with Crippen molar-refractivity contribution in [3.63, 3.8) is 0 Å². The maximum absolute atomic E-state index is 10.4. The van der Waals surface area contributed by atoms with E-state index in [-0.39, 0.29) is 62.8 Å². The number of benzene rings is 1. The predicted octanol–water partition coefficient (Wildman–Crippen LogP) is 0.971. The van der Waals surface area contributed by atoms with Gasteiger partial charge in [0.1, 0.15) is 0 Å². The maximum Gasteiger partial charge on any atom is 0.335 e. The zero-order valence-electron chi connectivity index (χ0n) is 21.6. The van der Waals surface area contributed by atoms with Gasteiger partial charge in [0.25, 0.3) is 0 Å². The highest BCUT2D eigenvalue weighted by molar-refractivity contribution is 5.93. The van der Waals surface area contributed by atoms with Gasteiger partial charge in [0.05, 0.1) is 44.2 Å². The first-order valence-corrected chi connectivity index (χ1v) is 11.7. The molecule has 0 radical (unpaired) electrons. The van der Waals surface area contributed by atoms with Crippen molar-refractivity contribution in [1.29, 1.82) is 0 Å². The number of hydrogen-bond acceptors (Lipinski definition) is 9. The molecule has 0 heterocycles. The molecule has 0 aliphatic carbocycles.